The van der Waals surface area contributed by atoms with Gasteiger partial charge in [0.1, 0.15) is 5.84 Å². The molecule has 1 unspecified atom stereocenters. The van der Waals surface area contributed by atoms with Crippen molar-refractivity contribution in [1.82, 2.24) is 4.90 Å². The molecule has 4 heteroatoms. The molecule has 10 aromatic carbocycles. The molecule has 1 aromatic heterocycles. The molecule has 11 aromatic rings. The highest BCUT2D eigenvalue weighted by Crippen LogP contribution is 2.43. The summed E-state index contributed by atoms with van der Waals surface area (Å²) in [6.07, 6.45) is -0.387. The summed E-state index contributed by atoms with van der Waals surface area (Å²) >= 11 is 1.84. The van der Waals surface area contributed by atoms with Crippen LogP contribution in [0, 0.1) is 0 Å². The number of aliphatic imine (C=N–C) groups is 2. The van der Waals surface area contributed by atoms with Crippen molar-refractivity contribution in [3.63, 3.8) is 0 Å². The number of hydrogen-bond acceptors (Lipinski definition) is 4. The minimum absolute atomic E-state index is 0.387. The van der Waals surface area contributed by atoms with Gasteiger partial charge in [-0.15, -0.1) is 11.3 Å². The van der Waals surface area contributed by atoms with Crippen molar-refractivity contribution in [2.45, 2.75) is 6.17 Å². The number of benzene rings is 10. The number of nitrogens with zero attached hydrogens (tertiary/aromatic N) is 3. The monoisotopic (exact) mass is 783 g/mol. The molecule has 3 nitrogen and oxygen atoms in total. The zero-order chi connectivity index (χ0) is 39.7. The van der Waals surface area contributed by atoms with E-state index in [1.807, 2.05) is 11.3 Å². The number of hydrogen-bond donors (Lipinski definition) is 0. The van der Waals surface area contributed by atoms with E-state index in [0.29, 0.717) is 0 Å². The second-order valence-corrected chi connectivity index (χ2v) is 16.8. The Labute approximate surface area is 351 Å². The summed E-state index contributed by atoms with van der Waals surface area (Å²) < 4.78 is 2.50. The van der Waals surface area contributed by atoms with Crippen LogP contribution in [0.3, 0.4) is 0 Å². The zero-order valence-electron chi connectivity index (χ0n) is 32.9. The van der Waals surface area contributed by atoms with Gasteiger partial charge in [0.15, 0.2) is 12.0 Å². The Morgan fingerprint density at radius 1 is 0.433 bits per heavy atom. The molecule has 1 aliphatic rings. The van der Waals surface area contributed by atoms with E-state index < -0.39 is 0 Å². The fourth-order valence-corrected chi connectivity index (χ4v) is 10.7. The standard InChI is InChI=1S/C56H37N3S/c1-59-55(48-25-11-10-23-45(48)50-34-38-18-5-6-19-40(38)43-21-8-9-22-44(43)50)57-54(58-56(59)49-27-14-26-47-46-24-12-13-28-51(46)60-53(47)49)52-41-20-7-4-16-36(41)31-32-42(52)39-30-29-35-15-2-3-17-37(35)33-39/h2-34,55H,1H3. The molecule has 0 N–H and O–H groups in total. The van der Waals surface area contributed by atoms with Crippen LogP contribution in [0.15, 0.2) is 210 Å². The first-order chi connectivity index (χ1) is 29.7. The van der Waals surface area contributed by atoms with Crippen molar-refractivity contribution in [2.24, 2.45) is 9.98 Å². The third kappa shape index (κ3) is 5.49. The van der Waals surface area contributed by atoms with E-state index in [1.54, 1.807) is 0 Å². The van der Waals surface area contributed by atoms with Gasteiger partial charge in [0, 0.05) is 43.9 Å². The van der Waals surface area contributed by atoms with Crippen molar-refractivity contribution < 1.29 is 0 Å². The highest BCUT2D eigenvalue weighted by Gasteiger charge is 2.31. The molecule has 1 atom stereocenters. The highest BCUT2D eigenvalue weighted by molar-refractivity contribution is 7.26. The van der Waals surface area contributed by atoms with Crippen molar-refractivity contribution in [2.75, 3.05) is 7.05 Å². The Bertz CT molecular complexity index is 3590. The molecule has 0 aliphatic carbocycles. The molecule has 0 fully saturated rings. The summed E-state index contributed by atoms with van der Waals surface area (Å²) in [7, 11) is 2.17. The van der Waals surface area contributed by atoms with Gasteiger partial charge in [-0.2, -0.15) is 0 Å². The summed E-state index contributed by atoms with van der Waals surface area (Å²) in [4.78, 5) is 13.8. The molecule has 0 saturated heterocycles. The SMILES string of the molecule is CN1C(c2cccc3c2sc2ccccc23)=NC(c2c(-c3ccc4ccccc4c3)ccc3ccccc23)=NC1c1ccccc1-c1cc2ccccc2c2ccccc12. The quantitative estimate of drug-likeness (QED) is 0.160. The largest absolute Gasteiger partial charge is 0.333 e. The lowest BCUT2D eigenvalue weighted by Gasteiger charge is -2.34. The number of fused-ring (bicyclic) bond motifs is 8. The number of rotatable bonds is 5. The maximum atomic E-state index is 5.79. The van der Waals surface area contributed by atoms with E-state index in [0.717, 1.165) is 55.8 Å². The minimum Gasteiger partial charge on any atom is -0.333 e. The molecule has 0 spiro atoms. The van der Waals surface area contributed by atoms with Crippen LogP contribution in [0.1, 0.15) is 22.9 Å². The molecule has 0 saturated carbocycles. The lowest BCUT2D eigenvalue weighted by atomic mass is 9.89. The molecular formula is C56H37N3S. The molecular weight excluding hydrogens is 747 g/mol. The fraction of sp³-hybridized carbons (Fsp3) is 0.0357. The molecule has 0 amide bonds. The molecule has 0 radical (unpaired) electrons. The van der Waals surface area contributed by atoms with Gasteiger partial charge in [-0.25, -0.2) is 9.98 Å². The van der Waals surface area contributed by atoms with Crippen LogP contribution >= 0.6 is 11.3 Å². The van der Waals surface area contributed by atoms with Crippen LogP contribution in [0.25, 0.3) is 85.5 Å². The third-order valence-electron chi connectivity index (χ3n) is 12.3. The first-order valence-electron chi connectivity index (χ1n) is 20.5. The molecule has 282 valence electrons. The maximum Gasteiger partial charge on any atom is 0.160 e. The average molecular weight is 784 g/mol. The van der Waals surface area contributed by atoms with Crippen LogP contribution in [-0.2, 0) is 0 Å². The van der Waals surface area contributed by atoms with Crippen LogP contribution in [-0.4, -0.2) is 23.6 Å². The van der Waals surface area contributed by atoms with Gasteiger partial charge in [0.25, 0.3) is 0 Å². The predicted octanol–water partition coefficient (Wildman–Crippen LogP) is 14.8. The van der Waals surface area contributed by atoms with Crippen molar-refractivity contribution in [1.29, 1.82) is 0 Å². The Morgan fingerprint density at radius 2 is 1.07 bits per heavy atom. The molecule has 0 bridgehead atoms. The first-order valence-corrected chi connectivity index (χ1v) is 21.3. The van der Waals surface area contributed by atoms with Gasteiger partial charge < -0.3 is 4.90 Å². The second kappa shape index (κ2) is 13.9. The van der Waals surface area contributed by atoms with Gasteiger partial charge in [0.05, 0.1) is 0 Å². The van der Waals surface area contributed by atoms with Crippen LogP contribution in [0.5, 0.6) is 0 Å². The van der Waals surface area contributed by atoms with Crippen molar-refractivity contribution >= 4 is 86.3 Å². The van der Waals surface area contributed by atoms with E-state index >= 15 is 0 Å². The number of amidine groups is 2. The van der Waals surface area contributed by atoms with E-state index in [1.165, 1.54) is 58.1 Å². The summed E-state index contributed by atoms with van der Waals surface area (Å²) in [6.45, 7) is 0. The van der Waals surface area contributed by atoms with E-state index in [-0.39, 0.29) is 6.17 Å². The predicted molar refractivity (Wildman–Crippen MR) is 257 cm³/mol. The first kappa shape index (κ1) is 34.6. The highest BCUT2D eigenvalue weighted by atomic mass is 32.1. The van der Waals surface area contributed by atoms with Crippen molar-refractivity contribution in [3.8, 4) is 22.3 Å². The van der Waals surface area contributed by atoms with E-state index in [2.05, 4.69) is 212 Å². The zero-order valence-corrected chi connectivity index (χ0v) is 33.7. The Hall–Kier alpha value is -7.40. The fourth-order valence-electron chi connectivity index (χ4n) is 9.45. The lowest BCUT2D eigenvalue weighted by Crippen LogP contribution is -2.36. The van der Waals surface area contributed by atoms with Gasteiger partial charge in [-0.3, -0.25) is 0 Å². The van der Waals surface area contributed by atoms with Gasteiger partial charge in [0.2, 0.25) is 0 Å². The number of thiophene rings is 1. The van der Waals surface area contributed by atoms with Crippen molar-refractivity contribution in [3.05, 3.63) is 217 Å². The lowest BCUT2D eigenvalue weighted by molar-refractivity contribution is 0.384. The smallest absolute Gasteiger partial charge is 0.160 e. The molecule has 1 aliphatic heterocycles. The Morgan fingerprint density at radius 3 is 1.93 bits per heavy atom. The molecule has 60 heavy (non-hydrogen) atoms. The topological polar surface area (TPSA) is 28.0 Å². The van der Waals surface area contributed by atoms with Crippen LogP contribution in [0.4, 0.5) is 0 Å². The Balaban J connectivity index is 1.15. The summed E-state index contributed by atoms with van der Waals surface area (Å²) in [5.74, 6) is 1.63. The van der Waals surface area contributed by atoms with Crippen LogP contribution < -0.4 is 0 Å². The molecule has 2 heterocycles. The van der Waals surface area contributed by atoms with Gasteiger partial charge >= 0.3 is 0 Å². The average Bonchev–Trinajstić information content (AvgIpc) is 3.70. The molecule has 12 rings (SSSR count). The van der Waals surface area contributed by atoms with Gasteiger partial charge in [-0.05, 0) is 89.6 Å². The maximum absolute atomic E-state index is 5.79. The summed E-state index contributed by atoms with van der Waals surface area (Å²) in [6, 6.07) is 72.6. The summed E-state index contributed by atoms with van der Waals surface area (Å²) in [5, 5.41) is 12.2. The van der Waals surface area contributed by atoms with Gasteiger partial charge in [-0.1, -0.05) is 176 Å². The normalized spacial score (nSPS) is 14.4. The van der Waals surface area contributed by atoms with Crippen LogP contribution in [0.2, 0.25) is 0 Å². The Kier molecular flexibility index (Phi) is 8.00. The minimum atomic E-state index is -0.387. The third-order valence-corrected chi connectivity index (χ3v) is 13.5. The second-order valence-electron chi connectivity index (χ2n) is 15.7. The van der Waals surface area contributed by atoms with E-state index in [9.17, 15) is 0 Å². The van der Waals surface area contributed by atoms with E-state index in [4.69, 9.17) is 9.98 Å². The summed E-state index contributed by atoms with van der Waals surface area (Å²) in [5.41, 5.74) is 7.88.